The Balaban J connectivity index is 2.11. The Bertz CT molecular complexity index is 638. The van der Waals surface area contributed by atoms with Crippen molar-refractivity contribution in [1.82, 2.24) is 0 Å². The molecule has 21 heavy (non-hydrogen) atoms. The fourth-order valence-electron chi connectivity index (χ4n) is 1.84. The Morgan fingerprint density at radius 1 is 1.14 bits per heavy atom. The van der Waals surface area contributed by atoms with Crippen molar-refractivity contribution in [2.24, 2.45) is 5.73 Å². The number of aryl methyl sites for hydroxylation is 1. The molecule has 0 aliphatic rings. The number of nitrogens with one attached hydrogen (secondary N) is 2. The second kappa shape index (κ2) is 7.01. The lowest BCUT2D eigenvalue weighted by molar-refractivity contribution is -0.116. The minimum absolute atomic E-state index is 0.101. The third-order valence-corrected chi connectivity index (χ3v) is 3.70. The van der Waals surface area contributed by atoms with Crippen LogP contribution in [0, 0.1) is 6.92 Å². The van der Waals surface area contributed by atoms with Crippen LogP contribution in [0.2, 0.25) is 0 Å². The van der Waals surface area contributed by atoms with E-state index < -0.39 is 0 Å². The Hall–Kier alpha value is -2.18. The molecule has 0 aliphatic heterocycles. The minimum atomic E-state index is -0.297. The van der Waals surface area contributed by atoms with Crippen molar-refractivity contribution >= 4 is 34.5 Å². The smallest absolute Gasteiger partial charge is 0.238 e. The van der Waals surface area contributed by atoms with Gasteiger partial charge in [0.1, 0.15) is 0 Å². The van der Waals surface area contributed by atoms with Gasteiger partial charge in [0.15, 0.2) is 0 Å². The predicted molar refractivity (Wildman–Crippen MR) is 85.5 cm³/mol. The van der Waals surface area contributed by atoms with Gasteiger partial charge in [-0.3, -0.25) is 9.59 Å². The van der Waals surface area contributed by atoms with E-state index in [1.54, 1.807) is 12.1 Å². The summed E-state index contributed by atoms with van der Waals surface area (Å²) in [4.78, 5) is 24.5. The lowest BCUT2D eigenvalue weighted by atomic mass is 10.2. The monoisotopic (exact) mass is 303 g/mol. The quantitative estimate of drug-likeness (QED) is 0.791. The van der Waals surface area contributed by atoms with E-state index in [2.05, 4.69) is 10.6 Å². The Morgan fingerprint density at radius 2 is 1.90 bits per heavy atom. The van der Waals surface area contributed by atoms with Crippen LogP contribution in [0.5, 0.6) is 0 Å². The number of benzene rings is 1. The van der Waals surface area contributed by atoms with Crippen molar-refractivity contribution in [2.45, 2.75) is 13.3 Å². The van der Waals surface area contributed by atoms with Gasteiger partial charge in [-0.15, -0.1) is 11.3 Å². The number of carbonyl (C=O) groups excluding carboxylic acids is 2. The molecule has 6 heteroatoms. The van der Waals surface area contributed by atoms with Crippen molar-refractivity contribution in [3.05, 3.63) is 46.2 Å². The third kappa shape index (κ3) is 4.40. The van der Waals surface area contributed by atoms with Crippen LogP contribution >= 0.6 is 11.3 Å². The van der Waals surface area contributed by atoms with E-state index in [4.69, 9.17) is 5.73 Å². The first kappa shape index (κ1) is 15.2. The van der Waals surface area contributed by atoms with Gasteiger partial charge in [0.25, 0.3) is 0 Å². The van der Waals surface area contributed by atoms with Crippen LogP contribution in [0.25, 0.3) is 0 Å². The predicted octanol–water partition coefficient (Wildman–Crippen LogP) is 2.13. The molecule has 0 radical (unpaired) electrons. The first-order valence-corrected chi connectivity index (χ1v) is 7.39. The molecule has 2 aromatic rings. The first-order chi connectivity index (χ1) is 10.1. The topological polar surface area (TPSA) is 84.2 Å². The number of hydrogen-bond acceptors (Lipinski definition) is 4. The molecule has 1 aromatic heterocycles. The van der Waals surface area contributed by atoms with Gasteiger partial charge in [-0.05, 0) is 36.1 Å². The van der Waals surface area contributed by atoms with Crippen LogP contribution in [0.3, 0.4) is 0 Å². The summed E-state index contributed by atoms with van der Waals surface area (Å²) in [7, 11) is 0. The zero-order valence-corrected chi connectivity index (χ0v) is 12.5. The summed E-state index contributed by atoms with van der Waals surface area (Å²) in [6.07, 6.45) is 0.315. The van der Waals surface area contributed by atoms with E-state index in [1.165, 1.54) is 11.3 Å². The van der Waals surface area contributed by atoms with Crippen molar-refractivity contribution in [1.29, 1.82) is 0 Å². The summed E-state index contributed by atoms with van der Waals surface area (Å²) < 4.78 is 0. The molecule has 0 aliphatic carbocycles. The summed E-state index contributed by atoms with van der Waals surface area (Å²) >= 11 is 1.54. The number of carbonyl (C=O) groups is 2. The molecule has 0 atom stereocenters. The molecule has 110 valence electrons. The molecular formula is C15H17N3O2S. The second-order valence-electron chi connectivity index (χ2n) is 4.61. The van der Waals surface area contributed by atoms with Crippen LogP contribution in [0.15, 0.2) is 35.7 Å². The maximum Gasteiger partial charge on any atom is 0.238 e. The Morgan fingerprint density at radius 3 is 2.57 bits per heavy atom. The average Bonchev–Trinajstić information content (AvgIpc) is 2.94. The molecule has 0 spiro atoms. The molecular weight excluding hydrogens is 286 g/mol. The molecule has 0 saturated heterocycles. The van der Waals surface area contributed by atoms with Crippen LogP contribution in [-0.2, 0) is 16.0 Å². The highest BCUT2D eigenvalue weighted by atomic mass is 32.1. The number of thiophene rings is 1. The van der Waals surface area contributed by atoms with Crippen molar-refractivity contribution in [2.75, 3.05) is 17.2 Å². The van der Waals surface area contributed by atoms with Gasteiger partial charge in [0.05, 0.1) is 24.3 Å². The molecule has 1 aromatic carbocycles. The van der Waals surface area contributed by atoms with Crippen molar-refractivity contribution < 1.29 is 9.59 Å². The number of amides is 2. The molecule has 2 amide bonds. The molecule has 4 N–H and O–H groups in total. The summed E-state index contributed by atoms with van der Waals surface area (Å²) in [6, 6.07) is 9.27. The van der Waals surface area contributed by atoms with Crippen LogP contribution in [-0.4, -0.2) is 18.4 Å². The number of anilines is 2. The maximum atomic E-state index is 12.0. The van der Waals surface area contributed by atoms with Crippen molar-refractivity contribution in [3.8, 4) is 0 Å². The number of rotatable bonds is 5. The highest BCUT2D eigenvalue weighted by Crippen LogP contribution is 2.23. The molecule has 0 saturated carbocycles. The number of hydrogen-bond donors (Lipinski definition) is 3. The van der Waals surface area contributed by atoms with Gasteiger partial charge in [-0.25, -0.2) is 0 Å². The largest absolute Gasteiger partial charge is 0.324 e. The van der Waals surface area contributed by atoms with E-state index in [1.807, 2.05) is 30.5 Å². The van der Waals surface area contributed by atoms with Crippen LogP contribution in [0.4, 0.5) is 11.4 Å². The SMILES string of the molecule is Cc1ccc(NC(=O)Cc2cccs2)c(NC(=O)CN)c1. The van der Waals surface area contributed by atoms with Crippen LogP contribution in [0.1, 0.15) is 10.4 Å². The van der Waals surface area contributed by atoms with Gasteiger partial charge in [-0.2, -0.15) is 0 Å². The highest BCUT2D eigenvalue weighted by Gasteiger charge is 2.10. The van der Waals surface area contributed by atoms with Gasteiger partial charge in [0, 0.05) is 4.88 Å². The molecule has 0 bridgehead atoms. The minimum Gasteiger partial charge on any atom is -0.324 e. The average molecular weight is 303 g/mol. The van der Waals surface area contributed by atoms with E-state index in [-0.39, 0.29) is 18.4 Å². The number of nitrogens with two attached hydrogens (primary N) is 1. The van der Waals surface area contributed by atoms with E-state index in [9.17, 15) is 9.59 Å². The normalized spacial score (nSPS) is 10.2. The van der Waals surface area contributed by atoms with Gasteiger partial charge < -0.3 is 16.4 Å². The summed E-state index contributed by atoms with van der Waals surface area (Å²) in [5.41, 5.74) is 7.42. The standard InChI is InChI=1S/C15H17N3O2S/c1-10-4-5-12(13(7-10)18-15(20)9-16)17-14(19)8-11-3-2-6-21-11/h2-7H,8-9,16H2,1H3,(H,17,19)(H,18,20). The van der Waals surface area contributed by atoms with E-state index >= 15 is 0 Å². The fraction of sp³-hybridized carbons (Fsp3) is 0.200. The second-order valence-corrected chi connectivity index (χ2v) is 5.64. The van der Waals surface area contributed by atoms with Crippen molar-refractivity contribution in [3.63, 3.8) is 0 Å². The van der Waals surface area contributed by atoms with E-state index in [0.29, 0.717) is 17.8 Å². The summed E-state index contributed by atoms with van der Waals surface area (Å²) in [5, 5.41) is 7.44. The first-order valence-electron chi connectivity index (χ1n) is 6.51. The highest BCUT2D eigenvalue weighted by molar-refractivity contribution is 7.10. The Kier molecular flexibility index (Phi) is 5.08. The van der Waals surface area contributed by atoms with E-state index in [0.717, 1.165) is 10.4 Å². The summed E-state index contributed by atoms with van der Waals surface area (Å²) in [5.74, 6) is -0.418. The molecule has 2 rings (SSSR count). The van der Waals surface area contributed by atoms with Crippen LogP contribution < -0.4 is 16.4 Å². The summed E-state index contributed by atoms with van der Waals surface area (Å²) in [6.45, 7) is 1.81. The lowest BCUT2D eigenvalue weighted by Crippen LogP contribution is -2.23. The Labute approximate surface area is 127 Å². The zero-order chi connectivity index (χ0) is 15.2. The van der Waals surface area contributed by atoms with Gasteiger partial charge >= 0.3 is 0 Å². The van der Waals surface area contributed by atoms with Gasteiger partial charge in [-0.1, -0.05) is 12.1 Å². The lowest BCUT2D eigenvalue weighted by Gasteiger charge is -2.12. The van der Waals surface area contributed by atoms with Gasteiger partial charge in [0.2, 0.25) is 11.8 Å². The maximum absolute atomic E-state index is 12.0. The molecule has 0 fully saturated rings. The fourth-order valence-corrected chi connectivity index (χ4v) is 2.54. The molecule has 5 nitrogen and oxygen atoms in total. The molecule has 0 unspecified atom stereocenters. The zero-order valence-electron chi connectivity index (χ0n) is 11.7. The molecule has 1 heterocycles. The third-order valence-electron chi connectivity index (χ3n) is 2.82.